The van der Waals surface area contributed by atoms with Gasteiger partial charge in [-0.2, -0.15) is 0 Å². The summed E-state index contributed by atoms with van der Waals surface area (Å²) < 4.78 is 33.0. The highest BCUT2D eigenvalue weighted by Gasteiger charge is 2.25. The van der Waals surface area contributed by atoms with Gasteiger partial charge in [0.05, 0.1) is 29.3 Å². The van der Waals surface area contributed by atoms with Gasteiger partial charge in [-0.05, 0) is 36.4 Å². The number of halogens is 2. The fourth-order valence-electron chi connectivity index (χ4n) is 2.03. The van der Waals surface area contributed by atoms with Crippen molar-refractivity contribution >= 4 is 43.2 Å². The van der Waals surface area contributed by atoms with Gasteiger partial charge in [-0.3, -0.25) is 4.31 Å². The molecule has 122 valence electrons. The van der Waals surface area contributed by atoms with Crippen molar-refractivity contribution in [1.82, 2.24) is 0 Å². The van der Waals surface area contributed by atoms with Crippen molar-refractivity contribution in [3.05, 3.63) is 64.6 Å². The quantitative estimate of drug-likeness (QED) is 0.652. The molecule has 4 nitrogen and oxygen atoms in total. The van der Waals surface area contributed by atoms with Crippen LogP contribution in [-0.2, 0) is 10.0 Å². The minimum Gasteiger partial charge on any atom is -0.495 e. The van der Waals surface area contributed by atoms with Crippen LogP contribution in [0.1, 0.15) is 0 Å². The first-order chi connectivity index (χ1) is 10.9. The number of ether oxygens (including phenoxy) is 1. The zero-order valence-corrected chi connectivity index (χ0v) is 15.5. The predicted molar refractivity (Wildman–Crippen MR) is 96.9 cm³/mol. The van der Waals surface area contributed by atoms with Crippen LogP contribution in [0.4, 0.5) is 5.69 Å². The number of benzene rings is 2. The van der Waals surface area contributed by atoms with E-state index < -0.39 is 10.0 Å². The smallest absolute Gasteiger partial charge is 0.264 e. The van der Waals surface area contributed by atoms with E-state index in [1.54, 1.807) is 18.2 Å². The first kappa shape index (κ1) is 17.8. The molecule has 0 radical (unpaired) electrons. The standard InChI is InChI=1S/C16H15BrClNO3S/c1-3-9-19(13-6-4-5-12(17)10-13)23(20,21)14-7-8-16(22-2)15(18)11-14/h3-8,10-11H,1,9H2,2H3. The fraction of sp³-hybridized carbons (Fsp3) is 0.125. The zero-order chi connectivity index (χ0) is 17.0. The first-order valence-electron chi connectivity index (χ1n) is 6.63. The van der Waals surface area contributed by atoms with E-state index in [1.807, 2.05) is 6.07 Å². The summed E-state index contributed by atoms with van der Waals surface area (Å²) in [5.41, 5.74) is 0.534. The number of nitrogens with zero attached hydrogens (tertiary/aromatic N) is 1. The summed E-state index contributed by atoms with van der Waals surface area (Å²) in [5, 5.41) is 0.237. The normalized spacial score (nSPS) is 11.1. The van der Waals surface area contributed by atoms with Crippen molar-refractivity contribution in [3.63, 3.8) is 0 Å². The van der Waals surface area contributed by atoms with E-state index in [0.717, 1.165) is 4.47 Å². The Hall–Kier alpha value is -1.50. The van der Waals surface area contributed by atoms with Crippen molar-refractivity contribution < 1.29 is 13.2 Å². The molecule has 23 heavy (non-hydrogen) atoms. The van der Waals surface area contributed by atoms with Crippen LogP contribution in [0.15, 0.2) is 64.5 Å². The Labute approximate surface area is 149 Å². The molecule has 0 aliphatic carbocycles. The van der Waals surface area contributed by atoms with E-state index in [-0.39, 0.29) is 16.5 Å². The molecule has 0 aliphatic heterocycles. The van der Waals surface area contributed by atoms with Gasteiger partial charge in [0.2, 0.25) is 0 Å². The van der Waals surface area contributed by atoms with Gasteiger partial charge in [0.1, 0.15) is 5.75 Å². The monoisotopic (exact) mass is 415 g/mol. The van der Waals surface area contributed by atoms with Gasteiger partial charge < -0.3 is 4.74 Å². The maximum absolute atomic E-state index is 12.9. The second-order valence-corrected chi connectivity index (χ2v) is 7.79. The molecule has 0 heterocycles. The van der Waals surface area contributed by atoms with Crippen LogP contribution in [0.3, 0.4) is 0 Å². The predicted octanol–water partition coefficient (Wildman–Crippen LogP) is 4.49. The summed E-state index contributed by atoms with van der Waals surface area (Å²) in [6.07, 6.45) is 1.53. The van der Waals surface area contributed by atoms with Crippen LogP contribution in [-0.4, -0.2) is 22.1 Å². The third-order valence-electron chi connectivity index (χ3n) is 3.10. The van der Waals surface area contributed by atoms with Crippen molar-refractivity contribution in [3.8, 4) is 5.75 Å². The Morgan fingerprint density at radius 1 is 1.30 bits per heavy atom. The molecule has 0 saturated heterocycles. The number of sulfonamides is 1. The Morgan fingerprint density at radius 3 is 2.61 bits per heavy atom. The molecule has 2 rings (SSSR count). The van der Waals surface area contributed by atoms with Crippen molar-refractivity contribution in [2.24, 2.45) is 0 Å². The lowest BCUT2D eigenvalue weighted by Gasteiger charge is -2.23. The molecule has 0 amide bonds. The summed E-state index contributed by atoms with van der Waals surface area (Å²) in [5.74, 6) is 0.420. The molecular weight excluding hydrogens is 402 g/mol. The van der Waals surface area contributed by atoms with Crippen LogP contribution in [0.25, 0.3) is 0 Å². The molecule has 0 atom stereocenters. The third-order valence-corrected chi connectivity index (χ3v) is 5.68. The molecule has 7 heteroatoms. The summed E-state index contributed by atoms with van der Waals surface area (Å²) in [7, 11) is -2.31. The van der Waals surface area contributed by atoms with E-state index in [1.165, 1.54) is 35.7 Å². The third kappa shape index (κ3) is 3.88. The second kappa shape index (κ2) is 7.38. The van der Waals surface area contributed by atoms with Crippen LogP contribution < -0.4 is 9.04 Å². The highest BCUT2D eigenvalue weighted by molar-refractivity contribution is 9.10. The van der Waals surface area contributed by atoms with Crippen LogP contribution >= 0.6 is 27.5 Å². The lowest BCUT2D eigenvalue weighted by atomic mass is 10.3. The largest absolute Gasteiger partial charge is 0.495 e. The lowest BCUT2D eigenvalue weighted by molar-refractivity contribution is 0.414. The summed E-state index contributed by atoms with van der Waals surface area (Å²) in [6.45, 7) is 3.78. The van der Waals surface area contributed by atoms with Crippen LogP contribution in [0.2, 0.25) is 5.02 Å². The van der Waals surface area contributed by atoms with Crippen molar-refractivity contribution in [2.45, 2.75) is 4.90 Å². The first-order valence-corrected chi connectivity index (χ1v) is 9.24. The number of anilines is 1. The topological polar surface area (TPSA) is 46.6 Å². The van der Waals surface area contributed by atoms with E-state index in [4.69, 9.17) is 16.3 Å². The molecule has 0 fully saturated rings. The minimum atomic E-state index is -3.78. The maximum atomic E-state index is 12.9. The minimum absolute atomic E-state index is 0.0881. The average molecular weight is 417 g/mol. The number of methoxy groups -OCH3 is 1. The highest BCUT2D eigenvalue weighted by Crippen LogP contribution is 2.31. The van der Waals surface area contributed by atoms with Gasteiger partial charge in [-0.1, -0.05) is 39.7 Å². The molecule has 0 spiro atoms. The molecule has 0 saturated carbocycles. The second-order valence-electron chi connectivity index (χ2n) is 4.60. The fourth-order valence-corrected chi connectivity index (χ4v) is 4.19. The molecule has 0 aliphatic rings. The van der Waals surface area contributed by atoms with E-state index in [9.17, 15) is 8.42 Å². The van der Waals surface area contributed by atoms with E-state index >= 15 is 0 Å². The molecule has 2 aromatic carbocycles. The van der Waals surface area contributed by atoms with Crippen LogP contribution in [0.5, 0.6) is 5.75 Å². The highest BCUT2D eigenvalue weighted by atomic mass is 79.9. The van der Waals surface area contributed by atoms with Gasteiger partial charge in [0.25, 0.3) is 10.0 Å². The molecule has 2 aromatic rings. The Balaban J connectivity index is 2.53. The SMILES string of the molecule is C=CCN(c1cccc(Br)c1)S(=O)(=O)c1ccc(OC)c(Cl)c1. The van der Waals surface area contributed by atoms with Crippen molar-refractivity contribution in [1.29, 1.82) is 0 Å². The van der Waals surface area contributed by atoms with Gasteiger partial charge in [-0.15, -0.1) is 6.58 Å². The van der Waals surface area contributed by atoms with E-state index in [2.05, 4.69) is 22.5 Å². The summed E-state index contributed by atoms with van der Waals surface area (Å²) >= 11 is 9.40. The lowest BCUT2D eigenvalue weighted by Crippen LogP contribution is -2.31. The molecule has 0 N–H and O–H groups in total. The molecule has 0 bridgehead atoms. The number of rotatable bonds is 6. The van der Waals surface area contributed by atoms with Gasteiger partial charge in [0, 0.05) is 4.47 Å². The number of hydrogen-bond acceptors (Lipinski definition) is 3. The Bertz CT molecular complexity index is 824. The van der Waals surface area contributed by atoms with Gasteiger partial charge in [-0.25, -0.2) is 8.42 Å². The Morgan fingerprint density at radius 2 is 2.04 bits per heavy atom. The van der Waals surface area contributed by atoms with E-state index in [0.29, 0.717) is 11.4 Å². The van der Waals surface area contributed by atoms with Crippen LogP contribution in [0, 0.1) is 0 Å². The molecular formula is C16H15BrClNO3S. The van der Waals surface area contributed by atoms with Gasteiger partial charge >= 0.3 is 0 Å². The molecule has 0 aromatic heterocycles. The average Bonchev–Trinajstić information content (AvgIpc) is 2.52. The Kier molecular flexibility index (Phi) is 5.73. The van der Waals surface area contributed by atoms with Gasteiger partial charge in [0.15, 0.2) is 0 Å². The molecule has 0 unspecified atom stereocenters. The summed E-state index contributed by atoms with van der Waals surface area (Å²) in [6, 6.07) is 11.4. The summed E-state index contributed by atoms with van der Waals surface area (Å²) in [4.78, 5) is 0.0881. The maximum Gasteiger partial charge on any atom is 0.264 e. The number of hydrogen-bond donors (Lipinski definition) is 0. The van der Waals surface area contributed by atoms with Crippen molar-refractivity contribution in [2.75, 3.05) is 18.0 Å². The zero-order valence-electron chi connectivity index (χ0n) is 12.4.